The van der Waals surface area contributed by atoms with Gasteiger partial charge in [0.05, 0.1) is 13.2 Å². The molecule has 2 aliphatic carbocycles. The van der Waals surface area contributed by atoms with Crippen molar-refractivity contribution >= 4 is 11.9 Å². The minimum Gasteiger partial charge on any atom is -0.463 e. The van der Waals surface area contributed by atoms with E-state index in [0.717, 1.165) is 28.7 Å². The van der Waals surface area contributed by atoms with Crippen molar-refractivity contribution in [3.8, 4) is 0 Å². The summed E-state index contributed by atoms with van der Waals surface area (Å²) in [6.07, 6.45) is 19.1. The Kier molecular flexibility index (Phi) is 6.96. The molecule has 2 rings (SSSR count). The maximum absolute atomic E-state index is 11.6. The molecule has 0 saturated heterocycles. The topological polar surface area (TPSA) is 52.6 Å². The third-order valence-electron chi connectivity index (χ3n) is 3.53. The van der Waals surface area contributed by atoms with Gasteiger partial charge < -0.3 is 9.47 Å². The number of allylic oxidation sites excluding steroid dienone is 12. The van der Waals surface area contributed by atoms with Gasteiger partial charge in [0.25, 0.3) is 0 Å². The highest BCUT2D eigenvalue weighted by Crippen LogP contribution is 2.28. The van der Waals surface area contributed by atoms with Crippen LogP contribution in [0.3, 0.4) is 0 Å². The SMILES string of the molecule is CCOC(=O)/C=C/C1=CC2=CC=CC=C(C=C1/C=C/C(=O)OCC)C2. The van der Waals surface area contributed by atoms with Crippen molar-refractivity contribution in [2.75, 3.05) is 13.2 Å². The largest absolute Gasteiger partial charge is 0.463 e. The first-order valence-corrected chi connectivity index (χ1v) is 8.32. The highest BCUT2D eigenvalue weighted by atomic mass is 16.5. The molecule has 0 atom stereocenters. The average molecular weight is 338 g/mol. The minimum atomic E-state index is -0.394. The molecule has 0 spiro atoms. The van der Waals surface area contributed by atoms with Crippen molar-refractivity contribution in [2.24, 2.45) is 0 Å². The minimum absolute atomic E-state index is 0.330. The normalized spacial score (nSPS) is 16.6. The fraction of sp³-hybridized carbons (Fsp3) is 0.238. The molecule has 4 heteroatoms. The maximum Gasteiger partial charge on any atom is 0.330 e. The number of rotatable bonds is 6. The van der Waals surface area contributed by atoms with Crippen LogP contribution in [0, 0.1) is 0 Å². The van der Waals surface area contributed by atoms with E-state index in [9.17, 15) is 9.59 Å². The van der Waals surface area contributed by atoms with Gasteiger partial charge in [-0.2, -0.15) is 0 Å². The second kappa shape index (κ2) is 9.42. The Morgan fingerprint density at radius 3 is 1.72 bits per heavy atom. The lowest BCUT2D eigenvalue weighted by Crippen LogP contribution is -2.00. The van der Waals surface area contributed by atoms with E-state index >= 15 is 0 Å². The number of carbonyl (C=O) groups is 2. The van der Waals surface area contributed by atoms with Crippen LogP contribution in [-0.2, 0) is 19.1 Å². The number of esters is 2. The van der Waals surface area contributed by atoms with Gasteiger partial charge in [0.2, 0.25) is 0 Å². The van der Waals surface area contributed by atoms with E-state index in [1.165, 1.54) is 12.2 Å². The molecule has 2 aliphatic rings. The van der Waals surface area contributed by atoms with Gasteiger partial charge in [-0.3, -0.25) is 0 Å². The van der Waals surface area contributed by atoms with E-state index < -0.39 is 11.9 Å². The number of hydrogen-bond acceptors (Lipinski definition) is 4. The Labute approximate surface area is 148 Å². The summed E-state index contributed by atoms with van der Waals surface area (Å²) >= 11 is 0. The van der Waals surface area contributed by atoms with Crippen LogP contribution in [0.2, 0.25) is 0 Å². The van der Waals surface area contributed by atoms with E-state index in [1.807, 2.05) is 36.5 Å². The smallest absolute Gasteiger partial charge is 0.330 e. The average Bonchev–Trinajstić information content (AvgIpc) is 2.90. The van der Waals surface area contributed by atoms with Crippen molar-refractivity contribution in [2.45, 2.75) is 20.3 Å². The lowest BCUT2D eigenvalue weighted by molar-refractivity contribution is -0.138. The highest BCUT2D eigenvalue weighted by Gasteiger charge is 2.11. The molecule has 0 N–H and O–H groups in total. The first-order chi connectivity index (χ1) is 12.1. The third-order valence-corrected chi connectivity index (χ3v) is 3.53. The molecule has 0 aromatic carbocycles. The molecular formula is C21H22O4. The second-order valence-corrected chi connectivity index (χ2v) is 5.41. The van der Waals surface area contributed by atoms with Crippen molar-refractivity contribution < 1.29 is 19.1 Å². The van der Waals surface area contributed by atoms with Gasteiger partial charge in [0, 0.05) is 12.2 Å². The quantitative estimate of drug-likeness (QED) is 0.544. The van der Waals surface area contributed by atoms with Crippen molar-refractivity contribution in [1.82, 2.24) is 0 Å². The molecule has 0 aliphatic heterocycles. The Bertz CT molecular complexity index is 678. The summed E-state index contributed by atoms with van der Waals surface area (Å²) < 4.78 is 9.87. The van der Waals surface area contributed by atoms with Gasteiger partial charge in [0.15, 0.2) is 0 Å². The molecule has 2 bridgehead atoms. The zero-order chi connectivity index (χ0) is 18.1. The highest BCUT2D eigenvalue weighted by molar-refractivity contribution is 5.84. The van der Waals surface area contributed by atoms with Crippen molar-refractivity contribution in [1.29, 1.82) is 0 Å². The molecule has 0 amide bonds. The third kappa shape index (κ3) is 5.92. The molecule has 130 valence electrons. The van der Waals surface area contributed by atoms with Gasteiger partial charge in [-0.05, 0) is 54.7 Å². The zero-order valence-corrected chi connectivity index (χ0v) is 14.5. The maximum atomic E-state index is 11.6. The number of hydrogen-bond donors (Lipinski definition) is 0. The van der Waals surface area contributed by atoms with Crippen LogP contribution in [0.25, 0.3) is 0 Å². The van der Waals surface area contributed by atoms with Crippen LogP contribution >= 0.6 is 0 Å². The van der Waals surface area contributed by atoms with Gasteiger partial charge in [-0.25, -0.2) is 9.59 Å². The second-order valence-electron chi connectivity index (χ2n) is 5.41. The molecule has 0 aromatic rings. The van der Waals surface area contributed by atoms with Gasteiger partial charge in [0.1, 0.15) is 0 Å². The van der Waals surface area contributed by atoms with Crippen LogP contribution in [0.5, 0.6) is 0 Å². The van der Waals surface area contributed by atoms with Crippen LogP contribution in [0.1, 0.15) is 20.3 Å². The zero-order valence-electron chi connectivity index (χ0n) is 14.5. The molecule has 25 heavy (non-hydrogen) atoms. The molecule has 0 saturated carbocycles. The first-order valence-electron chi connectivity index (χ1n) is 8.32. The summed E-state index contributed by atoms with van der Waals surface area (Å²) in [6, 6.07) is 0. The Hall–Kier alpha value is -2.88. The summed E-state index contributed by atoms with van der Waals surface area (Å²) in [6.45, 7) is 4.19. The monoisotopic (exact) mass is 338 g/mol. The first kappa shape index (κ1) is 18.5. The molecule has 4 nitrogen and oxygen atoms in total. The number of carbonyl (C=O) groups excluding carboxylic acids is 2. The summed E-state index contributed by atoms with van der Waals surface area (Å²) in [5, 5.41) is 0. The van der Waals surface area contributed by atoms with Crippen molar-refractivity contribution in [3.05, 3.63) is 83.1 Å². The van der Waals surface area contributed by atoms with Gasteiger partial charge >= 0.3 is 11.9 Å². The van der Waals surface area contributed by atoms with E-state index in [0.29, 0.717) is 13.2 Å². The van der Waals surface area contributed by atoms with E-state index in [1.54, 1.807) is 26.0 Å². The summed E-state index contributed by atoms with van der Waals surface area (Å²) in [4.78, 5) is 23.3. The van der Waals surface area contributed by atoms with Gasteiger partial charge in [-0.1, -0.05) is 36.5 Å². The van der Waals surface area contributed by atoms with Crippen LogP contribution in [0.15, 0.2) is 83.1 Å². The fourth-order valence-electron chi connectivity index (χ4n) is 2.46. The number of ether oxygens (including phenoxy) is 2. The lowest BCUT2D eigenvalue weighted by Gasteiger charge is -2.04. The summed E-state index contributed by atoms with van der Waals surface area (Å²) in [7, 11) is 0. The summed E-state index contributed by atoms with van der Waals surface area (Å²) in [5.41, 5.74) is 3.91. The molecular weight excluding hydrogens is 316 g/mol. The van der Waals surface area contributed by atoms with E-state index in [4.69, 9.17) is 9.47 Å². The van der Waals surface area contributed by atoms with E-state index in [-0.39, 0.29) is 0 Å². The van der Waals surface area contributed by atoms with Crippen LogP contribution in [0.4, 0.5) is 0 Å². The van der Waals surface area contributed by atoms with Crippen LogP contribution in [-0.4, -0.2) is 25.2 Å². The lowest BCUT2D eigenvalue weighted by atomic mass is 10.0. The summed E-state index contributed by atoms with van der Waals surface area (Å²) in [5.74, 6) is -0.788. The molecule has 0 fully saturated rings. The number of fused-ring (bicyclic) bond motifs is 2. The molecule has 0 radical (unpaired) electrons. The standard InChI is InChI=1S/C21H22O4/c1-3-24-20(22)11-9-18-14-16-7-5-6-8-17(13-16)15-19(18)10-12-21(23)25-4-2/h5-12,14-15H,3-4,13H2,1-2H3/b11-9+,12-10+. The predicted molar refractivity (Wildman–Crippen MR) is 97.6 cm³/mol. The fourth-order valence-corrected chi connectivity index (χ4v) is 2.46. The van der Waals surface area contributed by atoms with Crippen molar-refractivity contribution in [3.63, 3.8) is 0 Å². The Morgan fingerprint density at radius 2 is 1.32 bits per heavy atom. The molecule has 0 heterocycles. The molecule has 0 aromatic heterocycles. The Morgan fingerprint density at radius 1 is 0.880 bits per heavy atom. The van der Waals surface area contributed by atoms with Gasteiger partial charge in [-0.15, -0.1) is 0 Å². The van der Waals surface area contributed by atoms with E-state index in [2.05, 4.69) is 0 Å². The van der Waals surface area contributed by atoms with Crippen LogP contribution < -0.4 is 0 Å². The molecule has 0 unspecified atom stereocenters. The predicted octanol–water partition coefficient (Wildman–Crippen LogP) is 3.90. The Balaban J connectivity index is 2.35.